The van der Waals surface area contributed by atoms with Gasteiger partial charge in [0.1, 0.15) is 12.7 Å². The van der Waals surface area contributed by atoms with Gasteiger partial charge >= 0.3 is 11.8 Å². The van der Waals surface area contributed by atoms with Crippen LogP contribution < -0.4 is 10.6 Å². The summed E-state index contributed by atoms with van der Waals surface area (Å²) >= 11 is 0. The molecule has 2 rings (SSSR count). The van der Waals surface area contributed by atoms with Crippen molar-refractivity contribution in [3.63, 3.8) is 0 Å². The van der Waals surface area contributed by atoms with Crippen LogP contribution in [-0.4, -0.2) is 31.8 Å². The van der Waals surface area contributed by atoms with Crippen LogP contribution in [0.5, 0.6) is 0 Å². The Bertz CT molecular complexity index is 493. The van der Waals surface area contributed by atoms with Crippen LogP contribution in [-0.2, 0) is 9.59 Å². The average molecular weight is 244 g/mol. The van der Waals surface area contributed by atoms with Crippen LogP contribution in [0.3, 0.4) is 0 Å². The van der Waals surface area contributed by atoms with E-state index in [0.717, 1.165) is 0 Å². The molecule has 2 amide bonds. The summed E-state index contributed by atoms with van der Waals surface area (Å²) in [6.45, 7) is 0. The molecule has 0 aliphatic heterocycles. The highest BCUT2D eigenvalue weighted by molar-refractivity contribution is 6.43. The van der Waals surface area contributed by atoms with Crippen molar-refractivity contribution in [1.29, 1.82) is 0 Å². The molecule has 0 spiro atoms. The van der Waals surface area contributed by atoms with Gasteiger partial charge in [-0.15, -0.1) is 0 Å². The zero-order valence-corrected chi connectivity index (χ0v) is 9.07. The van der Waals surface area contributed by atoms with E-state index >= 15 is 0 Å². The van der Waals surface area contributed by atoms with Gasteiger partial charge in [-0.05, 0) is 0 Å². The predicted molar refractivity (Wildman–Crippen MR) is 61.3 cm³/mol. The molecule has 18 heavy (non-hydrogen) atoms. The van der Waals surface area contributed by atoms with Crippen LogP contribution in [0.4, 0.5) is 11.4 Å². The van der Waals surface area contributed by atoms with Crippen molar-refractivity contribution in [2.24, 2.45) is 0 Å². The molecule has 0 unspecified atom stereocenters. The van der Waals surface area contributed by atoms with Crippen LogP contribution in [0.25, 0.3) is 0 Å². The highest BCUT2D eigenvalue weighted by atomic mass is 16.2. The molecular formula is C10H8N6O2. The quantitative estimate of drug-likeness (QED) is 0.710. The van der Waals surface area contributed by atoms with Gasteiger partial charge in [-0.2, -0.15) is 0 Å². The number of hydrogen-bond donors (Lipinski definition) is 2. The zero-order valence-electron chi connectivity index (χ0n) is 9.07. The number of carbonyl (C=O) groups excluding carboxylic acids is 2. The number of nitrogens with zero attached hydrogens (tertiary/aromatic N) is 4. The first-order chi connectivity index (χ1) is 8.75. The molecule has 8 nitrogen and oxygen atoms in total. The van der Waals surface area contributed by atoms with E-state index in [4.69, 9.17) is 0 Å². The summed E-state index contributed by atoms with van der Waals surface area (Å²) in [5.74, 6) is -1.65. The summed E-state index contributed by atoms with van der Waals surface area (Å²) < 4.78 is 0. The Morgan fingerprint density at radius 2 is 1.06 bits per heavy atom. The van der Waals surface area contributed by atoms with Crippen LogP contribution in [0.2, 0.25) is 0 Å². The Balaban J connectivity index is 1.96. The number of rotatable bonds is 2. The second-order valence-corrected chi connectivity index (χ2v) is 3.16. The molecule has 90 valence electrons. The zero-order chi connectivity index (χ0) is 12.8. The number of hydrogen-bond acceptors (Lipinski definition) is 6. The highest BCUT2D eigenvalue weighted by Crippen LogP contribution is 2.03. The standard InChI is InChI=1S/C10H8N6O2/c17-9(15-7-1-11-5-12-2-7)10(18)16-8-3-13-6-14-4-8/h1-6H,(H,15,17)(H,16,18). The largest absolute Gasteiger partial charge is 0.315 e. The minimum atomic E-state index is -0.825. The number of nitrogens with one attached hydrogen (secondary N) is 2. The third-order valence-electron chi connectivity index (χ3n) is 1.84. The molecule has 2 aromatic rings. The first-order valence-electron chi connectivity index (χ1n) is 4.88. The summed E-state index contributed by atoms with van der Waals surface area (Å²) in [6.07, 6.45) is 8.15. The minimum absolute atomic E-state index is 0.335. The fourth-order valence-electron chi connectivity index (χ4n) is 1.10. The van der Waals surface area contributed by atoms with Crippen molar-refractivity contribution in [2.75, 3.05) is 10.6 Å². The van der Waals surface area contributed by atoms with Crippen LogP contribution in [0.15, 0.2) is 37.4 Å². The predicted octanol–water partition coefficient (Wildman–Crippen LogP) is -0.156. The van der Waals surface area contributed by atoms with Gasteiger partial charge in [-0.3, -0.25) is 9.59 Å². The van der Waals surface area contributed by atoms with Crippen LogP contribution >= 0.6 is 0 Å². The van der Waals surface area contributed by atoms with Gasteiger partial charge < -0.3 is 10.6 Å². The maximum Gasteiger partial charge on any atom is 0.314 e. The lowest BCUT2D eigenvalue weighted by molar-refractivity contribution is -0.133. The van der Waals surface area contributed by atoms with Gasteiger partial charge in [-0.1, -0.05) is 0 Å². The molecule has 0 atom stereocenters. The average Bonchev–Trinajstić information content (AvgIpc) is 2.41. The molecule has 0 saturated heterocycles. The Morgan fingerprint density at radius 3 is 1.39 bits per heavy atom. The van der Waals surface area contributed by atoms with Crippen molar-refractivity contribution in [2.45, 2.75) is 0 Å². The molecule has 2 aromatic heterocycles. The van der Waals surface area contributed by atoms with E-state index in [1.54, 1.807) is 0 Å². The van der Waals surface area contributed by atoms with E-state index < -0.39 is 11.8 Å². The van der Waals surface area contributed by atoms with Crippen LogP contribution in [0.1, 0.15) is 0 Å². The van der Waals surface area contributed by atoms with Gasteiger partial charge in [0.25, 0.3) is 0 Å². The van der Waals surface area contributed by atoms with Crippen molar-refractivity contribution < 1.29 is 9.59 Å². The van der Waals surface area contributed by atoms with Gasteiger partial charge in [0.05, 0.1) is 36.2 Å². The smallest absolute Gasteiger partial charge is 0.314 e. The summed E-state index contributed by atoms with van der Waals surface area (Å²) in [4.78, 5) is 37.8. The van der Waals surface area contributed by atoms with Gasteiger partial charge in [0, 0.05) is 0 Å². The Morgan fingerprint density at radius 1 is 0.722 bits per heavy atom. The molecule has 0 aromatic carbocycles. The molecular weight excluding hydrogens is 236 g/mol. The fraction of sp³-hybridized carbons (Fsp3) is 0. The first-order valence-corrected chi connectivity index (χ1v) is 4.88. The molecule has 8 heteroatoms. The highest BCUT2D eigenvalue weighted by Gasteiger charge is 2.14. The van der Waals surface area contributed by atoms with E-state index in [9.17, 15) is 9.59 Å². The molecule has 0 radical (unpaired) electrons. The van der Waals surface area contributed by atoms with Crippen molar-refractivity contribution >= 4 is 23.2 Å². The number of carbonyl (C=O) groups is 2. The Labute approximate surface area is 102 Å². The lowest BCUT2D eigenvalue weighted by Crippen LogP contribution is -2.29. The van der Waals surface area contributed by atoms with E-state index in [0.29, 0.717) is 11.4 Å². The molecule has 0 bridgehead atoms. The third kappa shape index (κ3) is 3.04. The maximum atomic E-state index is 11.5. The van der Waals surface area contributed by atoms with Gasteiger partial charge in [0.15, 0.2) is 0 Å². The second-order valence-electron chi connectivity index (χ2n) is 3.16. The number of amides is 2. The van der Waals surface area contributed by atoms with Crippen molar-refractivity contribution in [3.05, 3.63) is 37.4 Å². The third-order valence-corrected chi connectivity index (χ3v) is 1.84. The summed E-state index contributed by atoms with van der Waals surface area (Å²) in [6, 6.07) is 0. The van der Waals surface area contributed by atoms with E-state index in [1.807, 2.05) is 0 Å². The fourth-order valence-corrected chi connectivity index (χ4v) is 1.10. The number of anilines is 2. The lowest BCUT2D eigenvalue weighted by Gasteiger charge is -2.04. The normalized spacial score (nSPS) is 9.56. The molecule has 2 N–H and O–H groups in total. The second kappa shape index (κ2) is 5.43. The number of aromatic nitrogens is 4. The SMILES string of the molecule is O=C(Nc1cncnc1)C(=O)Nc1cncnc1. The molecule has 0 saturated carbocycles. The van der Waals surface area contributed by atoms with E-state index in [1.165, 1.54) is 37.4 Å². The molecule has 0 fully saturated rings. The maximum absolute atomic E-state index is 11.5. The summed E-state index contributed by atoms with van der Waals surface area (Å²) in [5.41, 5.74) is 0.670. The lowest BCUT2D eigenvalue weighted by atomic mass is 10.4. The first kappa shape index (κ1) is 11.6. The van der Waals surface area contributed by atoms with Gasteiger partial charge in [0.2, 0.25) is 0 Å². The van der Waals surface area contributed by atoms with E-state index in [2.05, 4.69) is 30.6 Å². The van der Waals surface area contributed by atoms with Gasteiger partial charge in [-0.25, -0.2) is 19.9 Å². The molecule has 0 aliphatic rings. The van der Waals surface area contributed by atoms with Crippen molar-refractivity contribution in [1.82, 2.24) is 19.9 Å². The summed E-state index contributed by atoms with van der Waals surface area (Å²) in [7, 11) is 0. The molecule has 2 heterocycles. The van der Waals surface area contributed by atoms with Crippen LogP contribution in [0, 0.1) is 0 Å². The Kier molecular flexibility index (Phi) is 3.50. The monoisotopic (exact) mass is 244 g/mol. The topological polar surface area (TPSA) is 110 Å². The van der Waals surface area contributed by atoms with Crippen molar-refractivity contribution in [3.8, 4) is 0 Å². The minimum Gasteiger partial charge on any atom is -0.315 e. The summed E-state index contributed by atoms with van der Waals surface area (Å²) in [5, 5.41) is 4.69. The molecule has 0 aliphatic carbocycles. The van der Waals surface area contributed by atoms with E-state index in [-0.39, 0.29) is 0 Å². The Hall–Kier alpha value is -2.90.